The van der Waals surface area contributed by atoms with Gasteiger partial charge in [-0.05, 0) is 57.0 Å². The largest absolute Gasteiger partial charge is 0.348 e. The van der Waals surface area contributed by atoms with Crippen LogP contribution in [0, 0.1) is 5.41 Å². The molecule has 3 aliphatic heterocycles. The van der Waals surface area contributed by atoms with Crippen molar-refractivity contribution in [3.63, 3.8) is 0 Å². The van der Waals surface area contributed by atoms with Gasteiger partial charge >= 0.3 is 0 Å². The number of imidazole rings is 2. The predicted octanol–water partition coefficient (Wildman–Crippen LogP) is 2.77. The van der Waals surface area contributed by atoms with Gasteiger partial charge in [-0.25, -0.2) is 9.97 Å². The molecule has 2 aromatic heterocycles. The molecule has 1 spiro atoms. The van der Waals surface area contributed by atoms with E-state index in [0.717, 1.165) is 43.6 Å². The molecule has 4 aliphatic rings. The number of carbonyl (C=O) groups excluding carboxylic acids is 2. The number of nitrogens with one attached hydrogen (secondary N) is 2. The molecule has 1 atom stereocenters. The molecule has 212 valence electrons. The standard InChI is InChI=1S/C29H44N8O2/c38-27(35-14-6-24(19-35)37(20-25-30-10-11-31-25)21-26-32-12-13-33-26)18-28(39)36-17-9-29(22-36)7-15-34(16-8-29)23-4-2-1-3-5-23/h10-13,23-24H,1-9,14-22H2,(H,30,31)(H,32,33). The molecule has 3 saturated heterocycles. The number of nitrogens with zero attached hydrogens (tertiary/aromatic N) is 6. The summed E-state index contributed by atoms with van der Waals surface area (Å²) < 4.78 is 0. The second-order valence-corrected chi connectivity index (χ2v) is 12.3. The second kappa shape index (κ2) is 11.8. The highest BCUT2D eigenvalue weighted by molar-refractivity contribution is 5.97. The topological polar surface area (TPSA) is 104 Å². The number of carbonyl (C=O) groups is 2. The maximum atomic E-state index is 13.2. The van der Waals surface area contributed by atoms with Crippen molar-refractivity contribution in [1.29, 1.82) is 0 Å². The van der Waals surface area contributed by atoms with Gasteiger partial charge in [0.15, 0.2) is 0 Å². The molecule has 2 N–H and O–H groups in total. The van der Waals surface area contributed by atoms with Crippen LogP contribution < -0.4 is 0 Å². The summed E-state index contributed by atoms with van der Waals surface area (Å²) >= 11 is 0. The number of rotatable bonds is 8. The van der Waals surface area contributed by atoms with Gasteiger partial charge in [0.05, 0.1) is 13.1 Å². The maximum Gasteiger partial charge on any atom is 0.232 e. The Hall–Kier alpha value is -2.72. The lowest BCUT2D eigenvalue weighted by molar-refractivity contribution is -0.140. The van der Waals surface area contributed by atoms with Crippen molar-refractivity contribution < 1.29 is 9.59 Å². The van der Waals surface area contributed by atoms with E-state index in [0.29, 0.717) is 26.2 Å². The fourth-order valence-corrected chi connectivity index (χ4v) is 7.45. The van der Waals surface area contributed by atoms with Gasteiger partial charge in [0.1, 0.15) is 18.1 Å². The van der Waals surface area contributed by atoms with Gasteiger partial charge in [-0.2, -0.15) is 0 Å². The van der Waals surface area contributed by atoms with E-state index in [-0.39, 0.29) is 29.7 Å². The molecule has 1 unspecified atom stereocenters. The van der Waals surface area contributed by atoms with Gasteiger partial charge in [0, 0.05) is 63.1 Å². The molecule has 2 aromatic rings. The number of amides is 2. The van der Waals surface area contributed by atoms with Crippen LogP contribution in [0.1, 0.15) is 75.9 Å². The summed E-state index contributed by atoms with van der Waals surface area (Å²) in [6.45, 7) is 6.62. The first kappa shape index (κ1) is 26.5. The minimum atomic E-state index is -0.0356. The van der Waals surface area contributed by atoms with Crippen LogP contribution in [0.2, 0.25) is 0 Å². The Morgan fingerprint density at radius 1 is 0.846 bits per heavy atom. The molecule has 5 heterocycles. The summed E-state index contributed by atoms with van der Waals surface area (Å²) in [7, 11) is 0. The summed E-state index contributed by atoms with van der Waals surface area (Å²) in [5.74, 6) is 1.77. The monoisotopic (exact) mass is 536 g/mol. The molecule has 1 saturated carbocycles. The molecule has 2 amide bonds. The molecule has 10 nitrogen and oxygen atoms in total. The Morgan fingerprint density at radius 3 is 2.13 bits per heavy atom. The number of H-pyrrole nitrogens is 2. The van der Waals surface area contributed by atoms with Crippen molar-refractivity contribution in [1.82, 2.24) is 39.5 Å². The molecule has 10 heteroatoms. The minimum Gasteiger partial charge on any atom is -0.348 e. The van der Waals surface area contributed by atoms with Crippen LogP contribution in [0.4, 0.5) is 0 Å². The summed E-state index contributed by atoms with van der Waals surface area (Å²) in [4.78, 5) is 50.5. The smallest absolute Gasteiger partial charge is 0.232 e. The quantitative estimate of drug-likeness (QED) is 0.503. The van der Waals surface area contributed by atoms with Crippen LogP contribution in [0.25, 0.3) is 0 Å². The third kappa shape index (κ3) is 6.22. The maximum absolute atomic E-state index is 13.2. The highest BCUT2D eigenvalue weighted by Crippen LogP contribution is 2.42. The first-order chi connectivity index (χ1) is 19.1. The van der Waals surface area contributed by atoms with E-state index < -0.39 is 0 Å². The Balaban J connectivity index is 0.988. The number of hydrogen-bond donors (Lipinski definition) is 2. The first-order valence-electron chi connectivity index (χ1n) is 15.1. The summed E-state index contributed by atoms with van der Waals surface area (Å²) in [5, 5.41) is 0. The van der Waals surface area contributed by atoms with Gasteiger partial charge in [0.25, 0.3) is 0 Å². The lowest BCUT2D eigenvalue weighted by atomic mass is 9.77. The number of hydrogen-bond acceptors (Lipinski definition) is 6. The van der Waals surface area contributed by atoms with Crippen molar-refractivity contribution in [2.45, 2.75) is 89.4 Å². The van der Waals surface area contributed by atoms with E-state index in [1.807, 2.05) is 22.2 Å². The molecule has 0 radical (unpaired) electrons. The van der Waals surface area contributed by atoms with Crippen LogP contribution in [0.15, 0.2) is 24.8 Å². The zero-order valence-electron chi connectivity index (χ0n) is 23.2. The molecule has 0 aromatic carbocycles. The van der Waals surface area contributed by atoms with E-state index in [2.05, 4.69) is 29.7 Å². The van der Waals surface area contributed by atoms with Crippen molar-refractivity contribution in [3.05, 3.63) is 36.4 Å². The highest BCUT2D eigenvalue weighted by Gasteiger charge is 2.43. The van der Waals surface area contributed by atoms with Crippen molar-refractivity contribution in [2.75, 3.05) is 39.3 Å². The van der Waals surface area contributed by atoms with Crippen molar-refractivity contribution in [2.24, 2.45) is 5.41 Å². The lowest BCUT2D eigenvalue weighted by Crippen LogP contribution is -2.47. The van der Waals surface area contributed by atoms with Gasteiger partial charge in [-0.3, -0.25) is 14.5 Å². The second-order valence-electron chi connectivity index (χ2n) is 12.3. The van der Waals surface area contributed by atoms with Crippen molar-refractivity contribution in [3.8, 4) is 0 Å². The summed E-state index contributed by atoms with van der Waals surface area (Å²) in [5.41, 5.74) is 0.265. The highest BCUT2D eigenvalue weighted by atomic mass is 16.2. The Bertz CT molecular complexity index is 1040. The molecule has 4 fully saturated rings. The van der Waals surface area contributed by atoms with Crippen LogP contribution in [-0.2, 0) is 22.7 Å². The van der Waals surface area contributed by atoms with E-state index in [9.17, 15) is 9.59 Å². The summed E-state index contributed by atoms with van der Waals surface area (Å²) in [6, 6.07) is 0.981. The van der Waals surface area contributed by atoms with Gasteiger partial charge in [-0.15, -0.1) is 0 Å². The molecular weight excluding hydrogens is 492 g/mol. The zero-order valence-corrected chi connectivity index (χ0v) is 23.2. The first-order valence-corrected chi connectivity index (χ1v) is 15.1. The Morgan fingerprint density at radius 2 is 1.49 bits per heavy atom. The predicted molar refractivity (Wildman–Crippen MR) is 147 cm³/mol. The molecule has 0 bridgehead atoms. The van der Waals surface area contributed by atoms with Crippen molar-refractivity contribution >= 4 is 11.8 Å². The number of likely N-dealkylation sites (tertiary alicyclic amines) is 3. The Labute approximate surface area is 231 Å². The SMILES string of the molecule is O=C(CC(=O)N1CCC2(CCN(C3CCCCC3)CC2)C1)N1CCC(N(Cc2ncc[nH]2)Cc2ncc[nH]2)C1. The van der Waals surface area contributed by atoms with Gasteiger partial charge < -0.3 is 24.7 Å². The van der Waals surface area contributed by atoms with Gasteiger partial charge in [-0.1, -0.05) is 19.3 Å². The molecule has 6 rings (SSSR count). The molecule has 39 heavy (non-hydrogen) atoms. The molecular formula is C29H44N8O2. The van der Waals surface area contributed by atoms with Crippen LogP contribution in [0.3, 0.4) is 0 Å². The number of aromatic amines is 2. The van der Waals surface area contributed by atoms with Gasteiger partial charge in [0.2, 0.25) is 11.8 Å². The van der Waals surface area contributed by atoms with E-state index in [1.165, 1.54) is 58.0 Å². The Kier molecular flexibility index (Phi) is 8.02. The van der Waals surface area contributed by atoms with E-state index >= 15 is 0 Å². The minimum absolute atomic E-state index is 0.00658. The van der Waals surface area contributed by atoms with Crippen LogP contribution in [0.5, 0.6) is 0 Å². The van der Waals surface area contributed by atoms with E-state index in [4.69, 9.17) is 0 Å². The number of piperidine rings is 1. The average molecular weight is 537 g/mol. The average Bonchev–Trinajstić information content (AvgIpc) is 3.78. The normalized spacial score (nSPS) is 24.3. The summed E-state index contributed by atoms with van der Waals surface area (Å²) in [6.07, 6.45) is 18.4. The molecule has 1 aliphatic carbocycles. The fourth-order valence-electron chi connectivity index (χ4n) is 7.45. The zero-order chi connectivity index (χ0) is 26.7. The third-order valence-corrected chi connectivity index (χ3v) is 9.89. The third-order valence-electron chi connectivity index (χ3n) is 9.89. The number of aromatic nitrogens is 4. The fraction of sp³-hybridized carbons (Fsp3) is 0.724. The van der Waals surface area contributed by atoms with E-state index in [1.54, 1.807) is 12.4 Å². The van der Waals surface area contributed by atoms with Crippen LogP contribution in [-0.4, -0.2) is 103 Å². The lowest BCUT2D eigenvalue weighted by Gasteiger charge is -2.43. The van der Waals surface area contributed by atoms with Crippen LogP contribution >= 0.6 is 0 Å².